The van der Waals surface area contributed by atoms with Crippen molar-refractivity contribution in [3.63, 3.8) is 0 Å². The number of amides is 1. The molecule has 0 aromatic heterocycles. The van der Waals surface area contributed by atoms with Gasteiger partial charge in [0.1, 0.15) is 5.75 Å². The molecule has 1 aromatic carbocycles. The Kier molecular flexibility index (Phi) is 3.67. The molecular weight excluding hydrogens is 310 g/mol. The van der Waals surface area contributed by atoms with Crippen LogP contribution in [0.2, 0.25) is 0 Å². The van der Waals surface area contributed by atoms with Crippen LogP contribution in [0.1, 0.15) is 31.1 Å². The zero-order chi connectivity index (χ0) is 14.2. The number of carbonyl (C=O) groups is 2. The molecule has 0 spiro atoms. The zero-order valence-corrected chi connectivity index (χ0v) is 12.8. The van der Waals surface area contributed by atoms with Gasteiger partial charge in [-0.05, 0) is 39.0 Å². The van der Waals surface area contributed by atoms with Crippen molar-refractivity contribution < 1.29 is 14.3 Å². The summed E-state index contributed by atoms with van der Waals surface area (Å²) in [6.07, 6.45) is 0. The topological polar surface area (TPSA) is 46.6 Å². The molecule has 0 saturated heterocycles. The summed E-state index contributed by atoms with van der Waals surface area (Å²) < 4.78 is 4.75. The molecule has 2 rings (SSSR count). The number of hydrogen-bond acceptors (Lipinski definition) is 3. The number of fused-ring (bicyclic) bond motifs is 1. The van der Waals surface area contributed by atoms with Gasteiger partial charge in [-0.2, -0.15) is 0 Å². The highest BCUT2D eigenvalue weighted by atomic mass is 79.9. The number of likely N-dealkylation sites (N-methyl/N-ethyl adjacent to an activating group) is 1. The first-order chi connectivity index (χ1) is 8.84. The van der Waals surface area contributed by atoms with Crippen LogP contribution in [0.3, 0.4) is 0 Å². The van der Waals surface area contributed by atoms with Gasteiger partial charge in [-0.3, -0.25) is 9.59 Å². The maximum Gasteiger partial charge on any atom is 0.265 e. The first-order valence-corrected chi connectivity index (χ1v) is 6.95. The van der Waals surface area contributed by atoms with E-state index in [1.807, 2.05) is 6.92 Å². The summed E-state index contributed by atoms with van der Waals surface area (Å²) in [5.74, 6) is 0.535. The first-order valence-electron chi connectivity index (χ1n) is 6.15. The normalized spacial score (nSPS) is 14.9. The van der Waals surface area contributed by atoms with E-state index in [0.29, 0.717) is 23.5 Å². The lowest BCUT2D eigenvalue weighted by Crippen LogP contribution is -2.38. The fourth-order valence-electron chi connectivity index (χ4n) is 2.03. The van der Waals surface area contributed by atoms with E-state index in [1.165, 1.54) is 0 Å². The summed E-state index contributed by atoms with van der Waals surface area (Å²) >= 11 is 3.36. The van der Waals surface area contributed by atoms with Crippen molar-refractivity contribution in [2.24, 2.45) is 0 Å². The van der Waals surface area contributed by atoms with Gasteiger partial charge in [0.15, 0.2) is 12.4 Å². The van der Waals surface area contributed by atoms with Gasteiger partial charge in [-0.15, -0.1) is 0 Å². The third-order valence-electron chi connectivity index (χ3n) is 3.02. The Morgan fingerprint density at radius 3 is 2.74 bits per heavy atom. The van der Waals surface area contributed by atoms with E-state index in [0.717, 1.165) is 0 Å². The molecule has 0 saturated carbocycles. The van der Waals surface area contributed by atoms with E-state index in [4.69, 9.17) is 4.74 Å². The number of nitrogens with zero attached hydrogens (tertiary/aromatic N) is 1. The first kappa shape index (κ1) is 14.1. The number of ether oxygens (including phenoxy) is 1. The van der Waals surface area contributed by atoms with E-state index in [9.17, 15) is 9.59 Å². The third kappa shape index (κ3) is 2.66. The molecule has 1 heterocycles. The summed E-state index contributed by atoms with van der Waals surface area (Å²) in [5.41, 5.74) is 1.23. The van der Waals surface area contributed by atoms with Crippen LogP contribution in [0.15, 0.2) is 18.2 Å². The Balaban J connectivity index is 2.45. The van der Waals surface area contributed by atoms with Crippen molar-refractivity contribution in [1.29, 1.82) is 0 Å². The molecule has 4 nitrogen and oxygen atoms in total. The molecule has 0 atom stereocenters. The summed E-state index contributed by atoms with van der Waals surface area (Å²) in [4.78, 5) is 25.6. The number of ketones is 1. The fraction of sp³-hybridized carbons (Fsp3) is 0.429. The Morgan fingerprint density at radius 1 is 1.47 bits per heavy atom. The Labute approximate surface area is 120 Å². The molecule has 19 heavy (non-hydrogen) atoms. The van der Waals surface area contributed by atoms with E-state index in [-0.39, 0.29) is 18.3 Å². The molecule has 102 valence electrons. The van der Waals surface area contributed by atoms with Gasteiger partial charge in [0.25, 0.3) is 5.91 Å². The van der Waals surface area contributed by atoms with Crippen molar-refractivity contribution in [1.82, 2.24) is 0 Å². The minimum atomic E-state index is -0.627. The van der Waals surface area contributed by atoms with Gasteiger partial charge in [0, 0.05) is 12.1 Å². The van der Waals surface area contributed by atoms with Crippen LogP contribution in [0.4, 0.5) is 5.69 Å². The van der Waals surface area contributed by atoms with E-state index in [2.05, 4.69) is 15.9 Å². The van der Waals surface area contributed by atoms with Gasteiger partial charge in [-0.1, -0.05) is 15.9 Å². The number of anilines is 1. The fourth-order valence-corrected chi connectivity index (χ4v) is 2.26. The number of rotatable bonds is 3. The standard InChI is InChI=1S/C14H16BrNO3/c1-4-16-10-7-9(13(18)14(2,3)15)5-6-11(10)19-8-12(16)17/h5-7H,4,8H2,1-3H3. The Bertz CT molecular complexity index is 534. The van der Waals surface area contributed by atoms with Crippen LogP contribution >= 0.6 is 15.9 Å². The van der Waals surface area contributed by atoms with Crippen molar-refractivity contribution in [3.05, 3.63) is 23.8 Å². The van der Waals surface area contributed by atoms with E-state index < -0.39 is 4.32 Å². The molecule has 1 amide bonds. The summed E-state index contributed by atoms with van der Waals surface area (Å²) in [7, 11) is 0. The predicted octanol–water partition coefficient (Wildman–Crippen LogP) is 2.79. The van der Waals surface area contributed by atoms with E-state index >= 15 is 0 Å². The Hall–Kier alpha value is -1.36. The number of halogens is 1. The van der Waals surface area contributed by atoms with Crippen molar-refractivity contribution in [2.45, 2.75) is 25.1 Å². The molecule has 0 aliphatic carbocycles. The highest BCUT2D eigenvalue weighted by Crippen LogP contribution is 2.34. The number of benzene rings is 1. The van der Waals surface area contributed by atoms with Gasteiger partial charge >= 0.3 is 0 Å². The summed E-state index contributed by atoms with van der Waals surface area (Å²) in [5, 5.41) is 0. The quantitative estimate of drug-likeness (QED) is 0.634. The molecular formula is C14H16BrNO3. The van der Waals surface area contributed by atoms with E-state index in [1.54, 1.807) is 36.9 Å². The number of hydrogen-bond donors (Lipinski definition) is 0. The average molecular weight is 326 g/mol. The molecule has 0 fully saturated rings. The van der Waals surface area contributed by atoms with Crippen LogP contribution in [-0.2, 0) is 4.79 Å². The third-order valence-corrected chi connectivity index (χ3v) is 3.38. The SMILES string of the molecule is CCN1C(=O)COc2ccc(C(=O)C(C)(C)Br)cc21. The van der Waals surface area contributed by atoms with Gasteiger partial charge < -0.3 is 9.64 Å². The number of Topliss-reactive ketones (excluding diaryl/α,β-unsaturated/α-hetero) is 1. The van der Waals surface area contributed by atoms with Crippen molar-refractivity contribution >= 4 is 33.3 Å². The van der Waals surface area contributed by atoms with Gasteiger partial charge in [0.05, 0.1) is 10.0 Å². The highest BCUT2D eigenvalue weighted by molar-refractivity contribution is 9.10. The number of carbonyl (C=O) groups excluding carboxylic acids is 2. The number of alkyl halides is 1. The lowest BCUT2D eigenvalue weighted by Gasteiger charge is -2.29. The van der Waals surface area contributed by atoms with Gasteiger partial charge in [-0.25, -0.2) is 0 Å². The largest absolute Gasteiger partial charge is 0.482 e. The molecule has 0 bridgehead atoms. The van der Waals surface area contributed by atoms with Crippen molar-refractivity contribution in [2.75, 3.05) is 18.1 Å². The highest BCUT2D eigenvalue weighted by Gasteiger charge is 2.29. The summed E-state index contributed by atoms with van der Waals surface area (Å²) in [6.45, 7) is 6.11. The lowest BCUT2D eigenvalue weighted by molar-refractivity contribution is -0.121. The van der Waals surface area contributed by atoms with Crippen LogP contribution < -0.4 is 9.64 Å². The maximum atomic E-state index is 12.2. The molecule has 1 aliphatic rings. The second-order valence-electron chi connectivity index (χ2n) is 4.91. The average Bonchev–Trinajstić information content (AvgIpc) is 2.36. The molecule has 1 aromatic rings. The maximum absolute atomic E-state index is 12.2. The molecule has 1 aliphatic heterocycles. The zero-order valence-electron chi connectivity index (χ0n) is 11.2. The predicted molar refractivity (Wildman–Crippen MR) is 77.3 cm³/mol. The Morgan fingerprint density at radius 2 is 2.16 bits per heavy atom. The van der Waals surface area contributed by atoms with Crippen LogP contribution in [0.5, 0.6) is 5.75 Å². The lowest BCUT2D eigenvalue weighted by atomic mass is 9.99. The van der Waals surface area contributed by atoms with Crippen LogP contribution in [0, 0.1) is 0 Å². The van der Waals surface area contributed by atoms with Crippen molar-refractivity contribution in [3.8, 4) is 5.75 Å². The molecule has 0 radical (unpaired) electrons. The minimum Gasteiger partial charge on any atom is -0.482 e. The van der Waals surface area contributed by atoms with Crippen LogP contribution in [-0.4, -0.2) is 29.2 Å². The smallest absolute Gasteiger partial charge is 0.265 e. The molecule has 5 heteroatoms. The monoisotopic (exact) mass is 325 g/mol. The summed E-state index contributed by atoms with van der Waals surface area (Å²) in [6, 6.07) is 5.20. The second-order valence-corrected chi connectivity index (χ2v) is 6.89. The van der Waals surface area contributed by atoms with Gasteiger partial charge in [0.2, 0.25) is 0 Å². The van der Waals surface area contributed by atoms with Crippen LogP contribution in [0.25, 0.3) is 0 Å². The molecule has 0 unspecified atom stereocenters. The molecule has 0 N–H and O–H groups in total. The minimum absolute atomic E-state index is 0.0237. The second kappa shape index (κ2) is 4.96.